The first-order valence-corrected chi connectivity index (χ1v) is 9.57. The van der Waals surface area contributed by atoms with Crippen molar-refractivity contribution in [1.29, 1.82) is 0 Å². The van der Waals surface area contributed by atoms with Gasteiger partial charge < -0.3 is 9.47 Å². The first-order valence-electron chi connectivity index (χ1n) is 9.57. The fourth-order valence-electron chi connectivity index (χ4n) is 3.99. The molecule has 0 N–H and O–H groups in total. The van der Waals surface area contributed by atoms with Crippen LogP contribution in [0.2, 0.25) is 0 Å². The molecule has 33 heavy (non-hydrogen) atoms. The van der Waals surface area contributed by atoms with E-state index in [4.69, 9.17) is 9.47 Å². The molecule has 1 aliphatic carbocycles. The first kappa shape index (κ1) is 24.3. The van der Waals surface area contributed by atoms with Gasteiger partial charge in [0.05, 0.1) is 25.3 Å². The van der Waals surface area contributed by atoms with Crippen molar-refractivity contribution in [2.45, 2.75) is 24.7 Å². The zero-order valence-electron chi connectivity index (χ0n) is 17.4. The van der Waals surface area contributed by atoms with E-state index in [1.165, 1.54) is 18.2 Å². The Hall–Kier alpha value is -3.30. The lowest BCUT2D eigenvalue weighted by molar-refractivity contribution is -0.169. The quantitative estimate of drug-likeness (QED) is 0.329. The van der Waals surface area contributed by atoms with E-state index in [1.54, 1.807) is 0 Å². The second kappa shape index (κ2) is 8.57. The number of methoxy groups -OCH3 is 2. The minimum Gasteiger partial charge on any atom is -0.468 e. The van der Waals surface area contributed by atoms with Crippen LogP contribution in [0.3, 0.4) is 0 Å². The zero-order valence-corrected chi connectivity index (χ0v) is 17.4. The predicted octanol–water partition coefficient (Wildman–Crippen LogP) is 5.63. The van der Waals surface area contributed by atoms with Crippen LogP contribution in [0.15, 0.2) is 54.6 Å². The third-order valence-electron chi connectivity index (χ3n) is 5.65. The summed E-state index contributed by atoms with van der Waals surface area (Å²) in [7, 11) is 2.10. The Balaban J connectivity index is 2.12. The fraction of sp³-hybridized carbons (Fsp3) is 0.304. The molecular weight excluding hydrogens is 454 g/mol. The summed E-state index contributed by atoms with van der Waals surface area (Å²) in [6.45, 7) is 0. The van der Waals surface area contributed by atoms with E-state index >= 15 is 0 Å². The van der Waals surface area contributed by atoms with E-state index < -0.39 is 46.8 Å². The van der Waals surface area contributed by atoms with Gasteiger partial charge in [0.2, 0.25) is 0 Å². The molecule has 1 atom stereocenters. The lowest BCUT2D eigenvalue weighted by Gasteiger charge is -2.30. The molecule has 0 saturated heterocycles. The van der Waals surface area contributed by atoms with Crippen LogP contribution in [0.1, 0.15) is 34.6 Å². The summed E-state index contributed by atoms with van der Waals surface area (Å²) in [5.41, 5.74) is -2.88. The van der Waals surface area contributed by atoms with Crippen molar-refractivity contribution in [3.8, 4) is 0 Å². The SMILES string of the molecule is COC(=O)C1(C(=O)OC)CC(c2ccc(C(F)(F)F)cc2)=CC1c1ccc(C(F)(F)F)cc1. The number of esters is 2. The van der Waals surface area contributed by atoms with Crippen molar-refractivity contribution in [3.05, 3.63) is 76.9 Å². The van der Waals surface area contributed by atoms with Crippen LogP contribution in [0, 0.1) is 5.41 Å². The Kier molecular flexibility index (Phi) is 6.32. The zero-order chi connectivity index (χ0) is 24.6. The van der Waals surface area contributed by atoms with Gasteiger partial charge in [0, 0.05) is 12.3 Å². The van der Waals surface area contributed by atoms with Gasteiger partial charge in [-0.05, 0) is 41.0 Å². The van der Waals surface area contributed by atoms with Crippen LogP contribution in [0.4, 0.5) is 26.3 Å². The van der Waals surface area contributed by atoms with Crippen LogP contribution in [-0.2, 0) is 31.4 Å². The summed E-state index contributed by atoms with van der Waals surface area (Å²) in [6.07, 6.45) is -7.94. The third-order valence-corrected chi connectivity index (χ3v) is 5.65. The Morgan fingerprint density at radius 1 is 0.788 bits per heavy atom. The van der Waals surface area contributed by atoms with Crippen LogP contribution in [0.25, 0.3) is 5.57 Å². The van der Waals surface area contributed by atoms with Crippen molar-refractivity contribution in [2.75, 3.05) is 14.2 Å². The van der Waals surface area contributed by atoms with E-state index in [-0.39, 0.29) is 12.0 Å². The Bertz CT molecular complexity index is 1050. The molecule has 0 aromatic heterocycles. The number of halogens is 6. The van der Waals surface area contributed by atoms with Gasteiger partial charge in [-0.2, -0.15) is 26.3 Å². The highest BCUT2D eigenvalue weighted by Gasteiger charge is 2.58. The van der Waals surface area contributed by atoms with Crippen LogP contribution >= 0.6 is 0 Å². The molecule has 1 aliphatic rings. The number of rotatable bonds is 4. The summed E-state index contributed by atoms with van der Waals surface area (Å²) in [4.78, 5) is 25.6. The lowest BCUT2D eigenvalue weighted by Crippen LogP contribution is -2.43. The van der Waals surface area contributed by atoms with Gasteiger partial charge in [0.15, 0.2) is 5.41 Å². The van der Waals surface area contributed by atoms with Crippen LogP contribution in [-0.4, -0.2) is 26.2 Å². The number of benzene rings is 2. The van der Waals surface area contributed by atoms with E-state index in [1.807, 2.05) is 0 Å². The normalized spacial score (nSPS) is 17.9. The molecule has 0 spiro atoms. The summed E-state index contributed by atoms with van der Waals surface area (Å²) in [5.74, 6) is -3.02. The third kappa shape index (κ3) is 4.46. The van der Waals surface area contributed by atoms with Gasteiger partial charge >= 0.3 is 24.3 Å². The monoisotopic (exact) mass is 472 g/mol. The number of carbonyl (C=O) groups is 2. The molecule has 0 bridgehead atoms. The number of alkyl halides is 6. The largest absolute Gasteiger partial charge is 0.468 e. The molecule has 3 rings (SSSR count). The molecule has 0 fully saturated rings. The molecule has 2 aromatic rings. The maximum absolute atomic E-state index is 13.0. The van der Waals surface area contributed by atoms with Crippen LogP contribution in [0.5, 0.6) is 0 Å². The van der Waals surface area contributed by atoms with Gasteiger partial charge in [-0.1, -0.05) is 30.3 Å². The lowest BCUT2D eigenvalue weighted by atomic mass is 9.73. The van der Waals surface area contributed by atoms with E-state index in [9.17, 15) is 35.9 Å². The molecule has 4 nitrogen and oxygen atoms in total. The molecule has 0 aliphatic heterocycles. The molecular formula is C23H18F6O4. The van der Waals surface area contributed by atoms with Crippen molar-refractivity contribution in [3.63, 3.8) is 0 Å². The summed E-state index contributed by atoms with van der Waals surface area (Å²) < 4.78 is 87.3. The topological polar surface area (TPSA) is 52.6 Å². The summed E-state index contributed by atoms with van der Waals surface area (Å²) in [6, 6.07) is 8.03. The Morgan fingerprint density at radius 2 is 1.21 bits per heavy atom. The number of hydrogen-bond acceptors (Lipinski definition) is 4. The summed E-state index contributed by atoms with van der Waals surface area (Å²) in [5, 5.41) is 0. The molecule has 0 heterocycles. The molecule has 1 unspecified atom stereocenters. The van der Waals surface area contributed by atoms with Crippen molar-refractivity contribution in [2.24, 2.45) is 5.41 Å². The van der Waals surface area contributed by atoms with Crippen molar-refractivity contribution in [1.82, 2.24) is 0 Å². The second-order valence-corrected chi connectivity index (χ2v) is 7.50. The average molecular weight is 472 g/mol. The van der Waals surface area contributed by atoms with Crippen molar-refractivity contribution < 1.29 is 45.4 Å². The minimum absolute atomic E-state index is 0.209. The van der Waals surface area contributed by atoms with Gasteiger partial charge in [-0.15, -0.1) is 0 Å². The Labute approximate surface area is 184 Å². The predicted molar refractivity (Wildman–Crippen MR) is 105 cm³/mol. The summed E-state index contributed by atoms with van der Waals surface area (Å²) >= 11 is 0. The molecule has 2 aromatic carbocycles. The van der Waals surface area contributed by atoms with E-state index in [2.05, 4.69) is 0 Å². The van der Waals surface area contributed by atoms with Gasteiger partial charge in [0.1, 0.15) is 0 Å². The molecule has 0 amide bonds. The fourth-order valence-corrected chi connectivity index (χ4v) is 3.99. The number of allylic oxidation sites excluding steroid dienone is 2. The van der Waals surface area contributed by atoms with Crippen LogP contribution < -0.4 is 0 Å². The maximum Gasteiger partial charge on any atom is 0.416 e. The highest BCUT2D eigenvalue weighted by atomic mass is 19.4. The number of hydrogen-bond donors (Lipinski definition) is 0. The average Bonchev–Trinajstić information content (AvgIpc) is 3.19. The minimum atomic E-state index is -4.59. The molecule has 176 valence electrons. The Morgan fingerprint density at radius 3 is 1.61 bits per heavy atom. The second-order valence-electron chi connectivity index (χ2n) is 7.50. The van der Waals surface area contributed by atoms with E-state index in [0.29, 0.717) is 11.1 Å². The number of carbonyl (C=O) groups excluding carboxylic acids is 2. The smallest absolute Gasteiger partial charge is 0.416 e. The van der Waals surface area contributed by atoms with Gasteiger partial charge in [-0.3, -0.25) is 9.59 Å². The van der Waals surface area contributed by atoms with Gasteiger partial charge in [0.25, 0.3) is 0 Å². The number of ether oxygens (including phenoxy) is 2. The first-order chi connectivity index (χ1) is 15.3. The van der Waals surface area contributed by atoms with Gasteiger partial charge in [-0.25, -0.2) is 0 Å². The molecule has 10 heteroatoms. The standard InChI is InChI=1S/C23H18F6O4/c1-32-19(30)21(20(31)33-2)12-15(13-3-7-16(8-4-13)22(24,25)26)11-18(21)14-5-9-17(10-6-14)23(27,28)29/h3-11,18H,12H2,1-2H3. The molecule has 0 radical (unpaired) electrons. The maximum atomic E-state index is 13.0. The highest BCUT2D eigenvalue weighted by molar-refractivity contribution is 6.05. The highest BCUT2D eigenvalue weighted by Crippen LogP contribution is 2.53. The van der Waals surface area contributed by atoms with Crippen molar-refractivity contribution >= 4 is 17.5 Å². The molecule has 0 saturated carbocycles. The van der Waals surface area contributed by atoms with E-state index in [0.717, 1.165) is 50.6 Å².